The number of nitrogens with zero attached hydrogens (tertiary/aromatic N) is 1. The number of aromatic hydroxyl groups is 1. The smallest absolute Gasteiger partial charge is 0.275 e. The number of hydrogen-bond acceptors (Lipinski definition) is 5. The number of rotatable bonds is 6. The first-order valence-corrected chi connectivity index (χ1v) is 8.96. The summed E-state index contributed by atoms with van der Waals surface area (Å²) in [5.74, 6) is 0.380. The van der Waals surface area contributed by atoms with E-state index in [0.29, 0.717) is 28.7 Å². The first-order valence-electron chi connectivity index (χ1n) is 8.59. The van der Waals surface area contributed by atoms with Gasteiger partial charge in [-0.05, 0) is 35.9 Å². The summed E-state index contributed by atoms with van der Waals surface area (Å²) in [7, 11) is 1.53. The molecule has 3 rings (SSSR count). The number of amides is 1. The fourth-order valence-corrected chi connectivity index (χ4v) is 2.91. The molecule has 0 heterocycles. The maximum atomic E-state index is 12.4. The van der Waals surface area contributed by atoms with Crippen LogP contribution >= 0.6 is 11.6 Å². The van der Waals surface area contributed by atoms with Crippen LogP contribution in [0.25, 0.3) is 10.8 Å². The lowest BCUT2D eigenvalue weighted by Crippen LogP contribution is -2.17. The van der Waals surface area contributed by atoms with Gasteiger partial charge in [0.15, 0.2) is 11.5 Å². The maximum Gasteiger partial charge on any atom is 0.275 e. The second-order valence-corrected chi connectivity index (χ2v) is 6.28. The lowest BCUT2D eigenvalue weighted by molar-refractivity contribution is 0.0952. The third kappa shape index (κ3) is 4.18. The van der Waals surface area contributed by atoms with Crippen molar-refractivity contribution < 1.29 is 19.4 Å². The van der Waals surface area contributed by atoms with Gasteiger partial charge in [0.1, 0.15) is 5.75 Å². The summed E-state index contributed by atoms with van der Waals surface area (Å²) in [5, 5.41) is 16.1. The van der Waals surface area contributed by atoms with E-state index in [-0.39, 0.29) is 11.3 Å². The minimum atomic E-state index is -0.533. The number of nitrogens with one attached hydrogen (secondary N) is 1. The molecule has 0 spiro atoms. The summed E-state index contributed by atoms with van der Waals surface area (Å²) < 4.78 is 10.7. The number of hydrazone groups is 1. The molecule has 0 radical (unpaired) electrons. The lowest BCUT2D eigenvalue weighted by Gasteiger charge is -2.11. The van der Waals surface area contributed by atoms with Gasteiger partial charge in [-0.25, -0.2) is 5.43 Å². The average molecular weight is 399 g/mol. The van der Waals surface area contributed by atoms with Gasteiger partial charge in [-0.2, -0.15) is 5.10 Å². The molecular formula is C21H19ClN2O4. The SMILES string of the molecule is CCOc1cc(C=NNC(=O)c2cc3ccccc3cc2O)c(Cl)cc1OC. The highest BCUT2D eigenvalue weighted by Crippen LogP contribution is 2.32. The molecule has 2 N–H and O–H groups in total. The van der Waals surface area contributed by atoms with Crippen LogP contribution in [0.3, 0.4) is 0 Å². The molecule has 3 aromatic rings. The van der Waals surface area contributed by atoms with Crippen LogP contribution in [0, 0.1) is 0 Å². The first kappa shape index (κ1) is 19.5. The number of phenols is 1. The second kappa shape index (κ2) is 8.63. The third-order valence-corrected chi connectivity index (χ3v) is 4.39. The fourth-order valence-electron chi connectivity index (χ4n) is 2.71. The molecule has 144 valence electrons. The Labute approximate surface area is 167 Å². The molecule has 0 aliphatic heterocycles. The Morgan fingerprint density at radius 1 is 1.18 bits per heavy atom. The second-order valence-electron chi connectivity index (χ2n) is 5.87. The van der Waals surface area contributed by atoms with E-state index in [1.54, 1.807) is 24.3 Å². The Balaban J connectivity index is 1.80. The van der Waals surface area contributed by atoms with Gasteiger partial charge < -0.3 is 14.6 Å². The Kier molecular flexibility index (Phi) is 6.01. The Bertz CT molecular complexity index is 1050. The van der Waals surface area contributed by atoms with Gasteiger partial charge in [-0.15, -0.1) is 0 Å². The molecule has 0 bridgehead atoms. The molecule has 3 aromatic carbocycles. The number of fused-ring (bicyclic) bond motifs is 1. The van der Waals surface area contributed by atoms with Gasteiger partial charge in [0, 0.05) is 11.6 Å². The minimum Gasteiger partial charge on any atom is -0.507 e. The number of benzene rings is 3. The Morgan fingerprint density at radius 2 is 1.89 bits per heavy atom. The molecule has 0 atom stereocenters. The van der Waals surface area contributed by atoms with Gasteiger partial charge in [0.05, 0.1) is 30.5 Å². The highest BCUT2D eigenvalue weighted by Gasteiger charge is 2.12. The monoisotopic (exact) mass is 398 g/mol. The van der Waals surface area contributed by atoms with Crippen molar-refractivity contribution in [1.29, 1.82) is 0 Å². The summed E-state index contributed by atoms with van der Waals surface area (Å²) in [6.45, 7) is 2.32. The molecule has 0 aliphatic carbocycles. The molecule has 28 heavy (non-hydrogen) atoms. The summed E-state index contributed by atoms with van der Waals surface area (Å²) in [6.07, 6.45) is 1.40. The van der Waals surface area contributed by atoms with E-state index in [2.05, 4.69) is 10.5 Å². The summed E-state index contributed by atoms with van der Waals surface area (Å²) in [4.78, 5) is 12.4. The Morgan fingerprint density at radius 3 is 2.57 bits per heavy atom. The van der Waals surface area contributed by atoms with E-state index < -0.39 is 5.91 Å². The van der Waals surface area contributed by atoms with Gasteiger partial charge in [-0.3, -0.25) is 4.79 Å². The van der Waals surface area contributed by atoms with Gasteiger partial charge in [-0.1, -0.05) is 35.9 Å². The predicted octanol–water partition coefficient (Wildman–Crippen LogP) is 4.37. The van der Waals surface area contributed by atoms with Gasteiger partial charge >= 0.3 is 0 Å². The molecule has 0 saturated carbocycles. The van der Waals surface area contributed by atoms with Crippen molar-refractivity contribution in [2.75, 3.05) is 13.7 Å². The van der Waals surface area contributed by atoms with Gasteiger partial charge in [0.25, 0.3) is 5.91 Å². The molecule has 1 amide bonds. The van der Waals surface area contributed by atoms with Crippen LogP contribution < -0.4 is 14.9 Å². The number of hydrogen-bond donors (Lipinski definition) is 2. The molecule has 6 nitrogen and oxygen atoms in total. The van der Waals surface area contributed by atoms with Crippen LogP contribution in [0.5, 0.6) is 17.2 Å². The van der Waals surface area contributed by atoms with Crippen molar-refractivity contribution in [3.05, 3.63) is 64.7 Å². The Hall–Kier alpha value is -3.25. The van der Waals surface area contributed by atoms with E-state index in [0.717, 1.165) is 10.8 Å². The van der Waals surface area contributed by atoms with E-state index in [1.165, 1.54) is 13.3 Å². The van der Waals surface area contributed by atoms with E-state index in [1.807, 2.05) is 31.2 Å². The molecule has 0 saturated heterocycles. The summed E-state index contributed by atoms with van der Waals surface area (Å²) >= 11 is 6.22. The number of ether oxygens (including phenoxy) is 2. The highest BCUT2D eigenvalue weighted by molar-refractivity contribution is 6.33. The molecule has 0 aromatic heterocycles. The van der Waals surface area contributed by atoms with E-state index in [4.69, 9.17) is 21.1 Å². The highest BCUT2D eigenvalue weighted by atomic mass is 35.5. The molecule has 7 heteroatoms. The minimum absolute atomic E-state index is 0.118. The lowest BCUT2D eigenvalue weighted by atomic mass is 10.1. The molecular weight excluding hydrogens is 380 g/mol. The predicted molar refractivity (Wildman–Crippen MR) is 110 cm³/mol. The number of phenolic OH excluding ortho intramolecular Hbond substituents is 1. The van der Waals surface area contributed by atoms with E-state index >= 15 is 0 Å². The van der Waals surface area contributed by atoms with Crippen LogP contribution in [0.2, 0.25) is 5.02 Å². The van der Waals surface area contributed by atoms with Crippen LogP contribution in [0.4, 0.5) is 0 Å². The van der Waals surface area contributed by atoms with Crippen molar-refractivity contribution in [1.82, 2.24) is 5.43 Å². The normalized spacial score (nSPS) is 11.0. The van der Waals surface area contributed by atoms with Crippen molar-refractivity contribution >= 4 is 34.5 Å². The fraction of sp³-hybridized carbons (Fsp3) is 0.143. The largest absolute Gasteiger partial charge is 0.507 e. The van der Waals surface area contributed by atoms with Gasteiger partial charge in [0.2, 0.25) is 0 Å². The number of carbonyl (C=O) groups excluding carboxylic acids is 1. The zero-order valence-corrected chi connectivity index (χ0v) is 16.2. The average Bonchev–Trinajstić information content (AvgIpc) is 2.69. The number of halogens is 1. The topological polar surface area (TPSA) is 80.2 Å². The number of methoxy groups -OCH3 is 1. The maximum absolute atomic E-state index is 12.4. The van der Waals surface area contributed by atoms with E-state index in [9.17, 15) is 9.90 Å². The zero-order chi connectivity index (χ0) is 20.1. The molecule has 0 fully saturated rings. The van der Waals surface area contributed by atoms with Crippen molar-refractivity contribution in [3.63, 3.8) is 0 Å². The van der Waals surface area contributed by atoms with Crippen molar-refractivity contribution in [3.8, 4) is 17.2 Å². The molecule has 0 unspecified atom stereocenters. The zero-order valence-electron chi connectivity index (χ0n) is 15.4. The van der Waals surface area contributed by atoms with Crippen LogP contribution in [0.15, 0.2) is 53.6 Å². The van der Waals surface area contributed by atoms with Crippen molar-refractivity contribution in [2.24, 2.45) is 5.10 Å². The standard InChI is InChI=1S/C21H19ClN2O4/c1-3-28-20-10-15(17(22)11-19(20)27-2)12-23-24-21(26)16-8-13-6-4-5-7-14(13)9-18(16)25/h4-12,25H,3H2,1-2H3,(H,24,26). The third-order valence-electron chi connectivity index (χ3n) is 4.06. The quantitative estimate of drug-likeness (QED) is 0.477. The van der Waals surface area contributed by atoms with Crippen LogP contribution in [-0.4, -0.2) is 30.9 Å². The molecule has 0 aliphatic rings. The van der Waals surface area contributed by atoms with Crippen molar-refractivity contribution in [2.45, 2.75) is 6.92 Å². The van der Waals surface area contributed by atoms with Crippen LogP contribution in [-0.2, 0) is 0 Å². The number of carbonyl (C=O) groups is 1. The summed E-state index contributed by atoms with van der Waals surface area (Å²) in [5.41, 5.74) is 3.08. The van der Waals surface area contributed by atoms with Crippen LogP contribution in [0.1, 0.15) is 22.8 Å². The summed E-state index contributed by atoms with van der Waals surface area (Å²) in [6, 6.07) is 13.9. The first-order chi connectivity index (χ1) is 13.5.